The summed E-state index contributed by atoms with van der Waals surface area (Å²) in [5.74, 6) is 1.23. The molecular weight excluding hydrogens is 212 g/mol. The largest absolute Gasteiger partial charge is 0.496 e. The molecule has 0 amide bonds. The second-order valence-corrected chi connectivity index (χ2v) is 4.87. The van der Waals surface area contributed by atoms with Gasteiger partial charge in [0.15, 0.2) is 0 Å². The van der Waals surface area contributed by atoms with Crippen molar-refractivity contribution < 1.29 is 9.53 Å². The van der Waals surface area contributed by atoms with Crippen LogP contribution >= 0.6 is 0 Å². The molecule has 2 heteroatoms. The van der Waals surface area contributed by atoms with Gasteiger partial charge >= 0.3 is 0 Å². The maximum Gasteiger partial charge on any atom is 0.140 e. The molecule has 0 bridgehead atoms. The number of methoxy groups -OCH3 is 1. The molecule has 1 aliphatic carbocycles. The van der Waals surface area contributed by atoms with Gasteiger partial charge in [-0.1, -0.05) is 25.5 Å². The molecule has 0 unspecified atom stereocenters. The first-order valence-electron chi connectivity index (χ1n) is 6.32. The van der Waals surface area contributed by atoms with Gasteiger partial charge in [-0.25, -0.2) is 0 Å². The van der Waals surface area contributed by atoms with Crippen molar-refractivity contribution in [2.75, 3.05) is 7.11 Å². The van der Waals surface area contributed by atoms with Crippen LogP contribution in [0.2, 0.25) is 0 Å². The average Bonchev–Trinajstić information content (AvgIpc) is 2.26. The fourth-order valence-corrected chi connectivity index (χ4v) is 2.73. The Labute approximate surface area is 103 Å². The molecule has 0 atom stereocenters. The van der Waals surface area contributed by atoms with Crippen LogP contribution in [-0.2, 0) is 16.6 Å². The molecule has 1 aliphatic rings. The summed E-state index contributed by atoms with van der Waals surface area (Å²) in [4.78, 5) is 11.9. The standard InChI is InChI=1S/C15H20O2/c1-4-12-10-13(6-7-14(12)17-3)15(11(2)16)8-5-9-15/h6-7,10H,4-5,8-9H2,1-3H3. The van der Waals surface area contributed by atoms with Crippen molar-refractivity contribution in [3.8, 4) is 5.75 Å². The summed E-state index contributed by atoms with van der Waals surface area (Å²) in [6.45, 7) is 3.83. The van der Waals surface area contributed by atoms with Gasteiger partial charge in [-0.15, -0.1) is 0 Å². The van der Waals surface area contributed by atoms with Crippen molar-refractivity contribution in [3.63, 3.8) is 0 Å². The molecule has 17 heavy (non-hydrogen) atoms. The third kappa shape index (κ3) is 1.86. The lowest BCUT2D eigenvalue weighted by atomic mass is 9.62. The minimum absolute atomic E-state index is 0.198. The van der Waals surface area contributed by atoms with Crippen LogP contribution in [0.5, 0.6) is 5.75 Å². The second kappa shape index (κ2) is 4.52. The molecule has 1 aromatic carbocycles. The summed E-state index contributed by atoms with van der Waals surface area (Å²) < 4.78 is 5.33. The lowest BCUT2D eigenvalue weighted by Gasteiger charge is -2.40. The van der Waals surface area contributed by atoms with E-state index in [2.05, 4.69) is 19.1 Å². The van der Waals surface area contributed by atoms with E-state index in [1.165, 1.54) is 11.1 Å². The Kier molecular flexibility index (Phi) is 3.23. The van der Waals surface area contributed by atoms with Gasteiger partial charge < -0.3 is 4.74 Å². The molecule has 0 aromatic heterocycles. The molecule has 0 N–H and O–H groups in total. The Balaban J connectivity index is 2.42. The van der Waals surface area contributed by atoms with Crippen LogP contribution in [-0.4, -0.2) is 12.9 Å². The average molecular weight is 232 g/mol. The molecule has 0 aliphatic heterocycles. The number of carbonyl (C=O) groups excluding carboxylic acids is 1. The summed E-state index contributed by atoms with van der Waals surface area (Å²) in [5, 5.41) is 0. The monoisotopic (exact) mass is 232 g/mol. The van der Waals surface area contributed by atoms with Gasteiger partial charge in [-0.2, -0.15) is 0 Å². The van der Waals surface area contributed by atoms with E-state index in [1.54, 1.807) is 14.0 Å². The number of Topliss-reactive ketones (excluding diaryl/α,β-unsaturated/α-hetero) is 1. The molecule has 1 saturated carbocycles. The highest BCUT2D eigenvalue weighted by Crippen LogP contribution is 2.45. The van der Waals surface area contributed by atoms with E-state index >= 15 is 0 Å². The summed E-state index contributed by atoms with van der Waals surface area (Å²) in [6, 6.07) is 6.20. The fraction of sp³-hybridized carbons (Fsp3) is 0.533. The van der Waals surface area contributed by atoms with Gasteiger partial charge in [-0.3, -0.25) is 4.79 Å². The van der Waals surface area contributed by atoms with Crippen molar-refractivity contribution in [1.82, 2.24) is 0 Å². The van der Waals surface area contributed by atoms with E-state index in [-0.39, 0.29) is 5.41 Å². The predicted octanol–water partition coefficient (Wildman–Crippen LogP) is 3.27. The highest BCUT2D eigenvalue weighted by atomic mass is 16.5. The Morgan fingerprint density at radius 1 is 1.41 bits per heavy atom. The van der Waals surface area contributed by atoms with Crippen molar-refractivity contribution in [2.45, 2.75) is 44.9 Å². The zero-order chi connectivity index (χ0) is 12.5. The van der Waals surface area contributed by atoms with E-state index < -0.39 is 0 Å². The summed E-state index contributed by atoms with van der Waals surface area (Å²) in [6.07, 6.45) is 4.09. The highest BCUT2D eigenvalue weighted by molar-refractivity contribution is 5.89. The third-order valence-electron chi connectivity index (χ3n) is 4.09. The lowest BCUT2D eigenvalue weighted by Crippen LogP contribution is -2.41. The van der Waals surface area contributed by atoms with E-state index in [0.717, 1.165) is 31.4 Å². The number of benzene rings is 1. The number of ether oxygens (including phenoxy) is 1. The molecular formula is C15H20O2. The Hall–Kier alpha value is -1.31. The topological polar surface area (TPSA) is 26.3 Å². The van der Waals surface area contributed by atoms with Crippen LogP contribution in [0.15, 0.2) is 18.2 Å². The normalized spacial score (nSPS) is 17.4. The second-order valence-electron chi connectivity index (χ2n) is 4.87. The number of aryl methyl sites for hydroxylation is 1. The van der Waals surface area contributed by atoms with E-state index in [4.69, 9.17) is 4.74 Å². The van der Waals surface area contributed by atoms with Crippen LogP contribution < -0.4 is 4.74 Å². The fourth-order valence-electron chi connectivity index (χ4n) is 2.73. The van der Waals surface area contributed by atoms with Gasteiger partial charge in [0.2, 0.25) is 0 Å². The number of hydrogen-bond donors (Lipinski definition) is 0. The van der Waals surface area contributed by atoms with Crippen molar-refractivity contribution in [2.24, 2.45) is 0 Å². The maximum absolute atomic E-state index is 11.9. The van der Waals surface area contributed by atoms with Crippen molar-refractivity contribution in [3.05, 3.63) is 29.3 Å². The van der Waals surface area contributed by atoms with Crippen LogP contribution in [0, 0.1) is 0 Å². The maximum atomic E-state index is 11.9. The van der Waals surface area contributed by atoms with E-state index in [9.17, 15) is 4.79 Å². The zero-order valence-corrected chi connectivity index (χ0v) is 10.9. The smallest absolute Gasteiger partial charge is 0.140 e. The van der Waals surface area contributed by atoms with Crippen LogP contribution in [0.1, 0.15) is 44.2 Å². The van der Waals surface area contributed by atoms with Crippen LogP contribution in [0.25, 0.3) is 0 Å². The minimum atomic E-state index is -0.198. The first-order chi connectivity index (χ1) is 8.14. The summed E-state index contributed by atoms with van der Waals surface area (Å²) >= 11 is 0. The van der Waals surface area contributed by atoms with Crippen molar-refractivity contribution >= 4 is 5.78 Å². The molecule has 2 rings (SSSR count). The first-order valence-corrected chi connectivity index (χ1v) is 6.32. The van der Waals surface area contributed by atoms with Gasteiger partial charge in [0, 0.05) is 0 Å². The molecule has 0 spiro atoms. The van der Waals surface area contributed by atoms with Gasteiger partial charge in [-0.05, 0) is 43.4 Å². The lowest BCUT2D eigenvalue weighted by molar-refractivity contribution is -0.125. The van der Waals surface area contributed by atoms with Gasteiger partial charge in [0.1, 0.15) is 11.5 Å². The number of carbonyl (C=O) groups is 1. The molecule has 0 saturated heterocycles. The SMILES string of the molecule is CCc1cc(C2(C(C)=O)CCC2)ccc1OC. The Morgan fingerprint density at radius 2 is 2.12 bits per heavy atom. The van der Waals surface area contributed by atoms with E-state index in [1.807, 2.05) is 6.07 Å². The van der Waals surface area contributed by atoms with Gasteiger partial charge in [0.25, 0.3) is 0 Å². The van der Waals surface area contributed by atoms with Gasteiger partial charge in [0.05, 0.1) is 12.5 Å². The third-order valence-corrected chi connectivity index (χ3v) is 4.09. The first kappa shape index (κ1) is 12.2. The van der Waals surface area contributed by atoms with Crippen LogP contribution in [0.3, 0.4) is 0 Å². The quantitative estimate of drug-likeness (QED) is 0.796. The number of hydrogen-bond acceptors (Lipinski definition) is 2. The van der Waals surface area contributed by atoms with E-state index in [0.29, 0.717) is 5.78 Å². The molecule has 92 valence electrons. The number of rotatable bonds is 4. The summed E-state index contributed by atoms with van der Waals surface area (Å²) in [5.41, 5.74) is 2.17. The number of ketones is 1. The molecule has 1 fully saturated rings. The Morgan fingerprint density at radius 3 is 2.53 bits per heavy atom. The van der Waals surface area contributed by atoms with Crippen LogP contribution in [0.4, 0.5) is 0 Å². The Bertz CT molecular complexity index is 431. The molecule has 2 nitrogen and oxygen atoms in total. The predicted molar refractivity (Wildman–Crippen MR) is 68.6 cm³/mol. The van der Waals surface area contributed by atoms with Crippen molar-refractivity contribution in [1.29, 1.82) is 0 Å². The molecule has 1 aromatic rings. The zero-order valence-electron chi connectivity index (χ0n) is 10.9. The summed E-state index contributed by atoms with van der Waals surface area (Å²) in [7, 11) is 1.69. The molecule has 0 radical (unpaired) electrons. The minimum Gasteiger partial charge on any atom is -0.496 e. The highest BCUT2D eigenvalue weighted by Gasteiger charge is 2.43. The molecule has 0 heterocycles.